The van der Waals surface area contributed by atoms with Crippen molar-refractivity contribution in [1.29, 1.82) is 0 Å². The molecule has 0 saturated carbocycles. The number of nitrogens with one attached hydrogen (secondary N) is 1. The van der Waals surface area contributed by atoms with E-state index >= 15 is 0 Å². The van der Waals surface area contributed by atoms with E-state index in [1.54, 1.807) is 24.3 Å². The predicted octanol–water partition coefficient (Wildman–Crippen LogP) is 5.13. The monoisotopic (exact) mass is 383 g/mol. The highest BCUT2D eigenvalue weighted by Gasteiger charge is 2.35. The molecule has 4 nitrogen and oxygen atoms in total. The van der Waals surface area contributed by atoms with Gasteiger partial charge in [0.15, 0.2) is 0 Å². The van der Waals surface area contributed by atoms with Crippen molar-refractivity contribution in [3.63, 3.8) is 0 Å². The second kappa shape index (κ2) is 6.81. The molecule has 0 aliphatic heterocycles. The first-order valence-electron chi connectivity index (χ1n) is 6.91. The van der Waals surface area contributed by atoms with Crippen molar-refractivity contribution in [3.8, 4) is 10.6 Å². The maximum absolute atomic E-state index is 13.0. The maximum atomic E-state index is 13.0. The van der Waals surface area contributed by atoms with Gasteiger partial charge in [-0.25, -0.2) is 0 Å². The topological polar surface area (TPSA) is 54.9 Å². The van der Waals surface area contributed by atoms with Crippen molar-refractivity contribution in [2.45, 2.75) is 6.18 Å². The van der Waals surface area contributed by atoms with Crippen LogP contribution in [0.5, 0.6) is 0 Å². The summed E-state index contributed by atoms with van der Waals surface area (Å²) in [5.74, 6) is -0.897. The van der Waals surface area contributed by atoms with E-state index in [-0.39, 0.29) is 5.13 Å². The maximum Gasteiger partial charge on any atom is 0.417 e. The van der Waals surface area contributed by atoms with Crippen molar-refractivity contribution < 1.29 is 18.0 Å². The SMILES string of the molecule is O=C(Nc1nnc(-c2ccc(Cl)cc2)s1)c1ccccc1C(F)(F)F. The zero-order valence-corrected chi connectivity index (χ0v) is 13.9. The minimum absolute atomic E-state index is 0.104. The van der Waals surface area contributed by atoms with Crippen LogP contribution < -0.4 is 5.32 Å². The number of carbonyl (C=O) groups excluding carboxylic acids is 1. The van der Waals surface area contributed by atoms with E-state index in [1.165, 1.54) is 12.1 Å². The first-order valence-corrected chi connectivity index (χ1v) is 8.11. The van der Waals surface area contributed by atoms with Crippen molar-refractivity contribution in [2.75, 3.05) is 5.32 Å². The van der Waals surface area contributed by atoms with Gasteiger partial charge in [0.25, 0.3) is 5.91 Å². The number of aromatic nitrogens is 2. The van der Waals surface area contributed by atoms with Crippen molar-refractivity contribution in [1.82, 2.24) is 10.2 Å². The Labute approximate surface area is 149 Å². The minimum atomic E-state index is -4.62. The lowest BCUT2D eigenvalue weighted by molar-refractivity contribution is -0.137. The van der Waals surface area contributed by atoms with Crippen LogP contribution in [-0.4, -0.2) is 16.1 Å². The molecule has 0 spiro atoms. The third kappa shape index (κ3) is 3.97. The molecular weight excluding hydrogens is 375 g/mol. The molecule has 1 N–H and O–H groups in total. The molecule has 1 heterocycles. The van der Waals surface area contributed by atoms with Crippen LogP contribution in [-0.2, 0) is 6.18 Å². The Bertz CT molecular complexity index is 909. The van der Waals surface area contributed by atoms with Gasteiger partial charge in [0.05, 0.1) is 11.1 Å². The number of hydrogen-bond donors (Lipinski definition) is 1. The number of alkyl halides is 3. The Hall–Kier alpha value is -2.45. The third-order valence-electron chi connectivity index (χ3n) is 3.21. The van der Waals surface area contributed by atoms with Crippen LogP contribution in [0.4, 0.5) is 18.3 Å². The van der Waals surface area contributed by atoms with Crippen LogP contribution in [0.3, 0.4) is 0 Å². The highest BCUT2D eigenvalue weighted by molar-refractivity contribution is 7.18. The fourth-order valence-electron chi connectivity index (χ4n) is 2.08. The summed E-state index contributed by atoms with van der Waals surface area (Å²) >= 11 is 6.86. The molecule has 1 aromatic heterocycles. The number of nitrogens with zero attached hydrogens (tertiary/aromatic N) is 2. The number of halogens is 4. The average molecular weight is 384 g/mol. The second-order valence-electron chi connectivity index (χ2n) is 4.92. The summed E-state index contributed by atoms with van der Waals surface area (Å²) in [6.45, 7) is 0. The van der Waals surface area contributed by atoms with Crippen LogP contribution in [0.15, 0.2) is 48.5 Å². The Morgan fingerprint density at radius 1 is 1.04 bits per heavy atom. The molecule has 3 aromatic rings. The van der Waals surface area contributed by atoms with Gasteiger partial charge >= 0.3 is 6.18 Å². The number of benzene rings is 2. The van der Waals surface area contributed by atoms with Crippen LogP contribution in [0.1, 0.15) is 15.9 Å². The Morgan fingerprint density at radius 3 is 2.40 bits per heavy atom. The van der Waals surface area contributed by atoms with Gasteiger partial charge in [-0.05, 0) is 24.3 Å². The molecule has 2 aromatic carbocycles. The Kier molecular flexibility index (Phi) is 4.73. The molecule has 0 aliphatic rings. The first kappa shape index (κ1) is 17.4. The molecule has 1 amide bonds. The van der Waals surface area contributed by atoms with Crippen LogP contribution in [0, 0.1) is 0 Å². The molecule has 128 valence electrons. The molecule has 25 heavy (non-hydrogen) atoms. The van der Waals surface area contributed by atoms with E-state index in [2.05, 4.69) is 15.5 Å². The van der Waals surface area contributed by atoms with E-state index in [4.69, 9.17) is 11.6 Å². The van der Waals surface area contributed by atoms with Crippen LogP contribution in [0.2, 0.25) is 5.02 Å². The normalized spacial score (nSPS) is 11.4. The molecule has 0 unspecified atom stereocenters. The summed E-state index contributed by atoms with van der Waals surface area (Å²) in [4.78, 5) is 12.2. The predicted molar refractivity (Wildman–Crippen MR) is 89.8 cm³/mol. The van der Waals surface area contributed by atoms with Gasteiger partial charge in [-0.2, -0.15) is 13.2 Å². The summed E-state index contributed by atoms with van der Waals surface area (Å²) in [6, 6.07) is 11.4. The quantitative estimate of drug-likeness (QED) is 0.682. The first-order chi connectivity index (χ1) is 11.8. The van der Waals surface area contributed by atoms with Gasteiger partial charge in [-0.15, -0.1) is 10.2 Å². The van der Waals surface area contributed by atoms with Gasteiger partial charge < -0.3 is 0 Å². The van der Waals surface area contributed by atoms with Crippen molar-refractivity contribution in [2.24, 2.45) is 0 Å². The van der Waals surface area contributed by atoms with Gasteiger partial charge in [0.1, 0.15) is 5.01 Å². The summed E-state index contributed by atoms with van der Waals surface area (Å²) in [6.07, 6.45) is -4.62. The molecule has 0 aliphatic carbocycles. The fourth-order valence-corrected chi connectivity index (χ4v) is 2.95. The lowest BCUT2D eigenvalue weighted by atomic mass is 10.1. The largest absolute Gasteiger partial charge is 0.417 e. The molecule has 0 saturated heterocycles. The summed E-state index contributed by atoms with van der Waals surface area (Å²) in [5, 5.41) is 11.2. The van der Waals surface area contributed by atoms with E-state index < -0.39 is 23.2 Å². The van der Waals surface area contributed by atoms with E-state index in [0.717, 1.165) is 29.0 Å². The van der Waals surface area contributed by atoms with E-state index in [0.29, 0.717) is 10.0 Å². The molecule has 3 rings (SSSR count). The number of rotatable bonds is 3. The lowest BCUT2D eigenvalue weighted by Crippen LogP contribution is -2.18. The summed E-state index contributed by atoms with van der Waals surface area (Å²) < 4.78 is 39.0. The number of anilines is 1. The van der Waals surface area contributed by atoms with Crippen LogP contribution >= 0.6 is 22.9 Å². The zero-order valence-electron chi connectivity index (χ0n) is 12.3. The Morgan fingerprint density at radius 2 is 1.72 bits per heavy atom. The van der Waals surface area contributed by atoms with Gasteiger partial charge in [-0.3, -0.25) is 10.1 Å². The number of carbonyl (C=O) groups is 1. The molecule has 0 fully saturated rings. The van der Waals surface area contributed by atoms with E-state index in [9.17, 15) is 18.0 Å². The summed E-state index contributed by atoms with van der Waals surface area (Å²) in [7, 11) is 0. The highest BCUT2D eigenvalue weighted by Crippen LogP contribution is 2.33. The second-order valence-corrected chi connectivity index (χ2v) is 6.33. The van der Waals surface area contributed by atoms with Gasteiger partial charge in [-0.1, -0.05) is 47.2 Å². The number of amides is 1. The summed E-state index contributed by atoms with van der Waals surface area (Å²) in [5.41, 5.74) is -0.744. The van der Waals surface area contributed by atoms with Crippen LogP contribution in [0.25, 0.3) is 10.6 Å². The van der Waals surface area contributed by atoms with E-state index in [1.807, 2.05) is 0 Å². The van der Waals surface area contributed by atoms with Crippen molar-refractivity contribution in [3.05, 3.63) is 64.7 Å². The zero-order chi connectivity index (χ0) is 18.0. The molecular formula is C16H9ClF3N3OS. The average Bonchev–Trinajstić information content (AvgIpc) is 3.03. The minimum Gasteiger partial charge on any atom is -0.296 e. The third-order valence-corrected chi connectivity index (χ3v) is 4.35. The molecule has 0 atom stereocenters. The smallest absolute Gasteiger partial charge is 0.296 e. The molecule has 0 bridgehead atoms. The molecule has 9 heteroatoms. The lowest BCUT2D eigenvalue weighted by Gasteiger charge is -2.11. The van der Waals surface area contributed by atoms with Gasteiger partial charge in [0.2, 0.25) is 5.13 Å². The van der Waals surface area contributed by atoms with Gasteiger partial charge in [0, 0.05) is 10.6 Å². The molecule has 0 radical (unpaired) electrons. The number of hydrogen-bond acceptors (Lipinski definition) is 4. The highest BCUT2D eigenvalue weighted by atomic mass is 35.5. The van der Waals surface area contributed by atoms with Crippen molar-refractivity contribution >= 4 is 34.0 Å². The Balaban J connectivity index is 1.82. The standard InChI is InChI=1S/C16H9ClF3N3OS/c17-10-7-5-9(6-8-10)14-22-23-15(25-14)21-13(24)11-3-1-2-4-12(11)16(18,19)20/h1-8H,(H,21,23,24). The fraction of sp³-hybridized carbons (Fsp3) is 0.0625.